The maximum atomic E-state index is 12.2. The van der Waals surface area contributed by atoms with Crippen molar-refractivity contribution in [2.75, 3.05) is 11.9 Å². The molecule has 0 spiro atoms. The molecule has 7 heteroatoms. The summed E-state index contributed by atoms with van der Waals surface area (Å²) in [6, 6.07) is 17.9. The Morgan fingerprint density at radius 1 is 1.07 bits per heavy atom. The number of furan rings is 1. The zero-order chi connectivity index (χ0) is 20.5. The van der Waals surface area contributed by atoms with Gasteiger partial charge in [-0.15, -0.1) is 0 Å². The maximum Gasteiger partial charge on any atom is 0.297 e. The van der Waals surface area contributed by atoms with Gasteiger partial charge >= 0.3 is 0 Å². The van der Waals surface area contributed by atoms with Crippen LogP contribution < -0.4 is 15.2 Å². The molecule has 0 bridgehead atoms. The smallest absolute Gasteiger partial charge is 0.297 e. The van der Waals surface area contributed by atoms with Gasteiger partial charge < -0.3 is 14.1 Å². The summed E-state index contributed by atoms with van der Waals surface area (Å²) in [5.41, 5.74) is 3.96. The number of anilines is 2. The van der Waals surface area contributed by atoms with Gasteiger partial charge in [0, 0.05) is 41.6 Å². The van der Waals surface area contributed by atoms with Crippen molar-refractivity contribution in [2.45, 2.75) is 6.61 Å². The molecule has 148 valence electrons. The lowest BCUT2D eigenvalue weighted by molar-refractivity contribution is 0.281. The number of nitrogens with zero attached hydrogens (tertiary/aromatic N) is 3. The molecular formula is C23H18N4O3. The summed E-state index contributed by atoms with van der Waals surface area (Å²) in [6.45, 7) is 0.218. The minimum Gasteiger partial charge on any atom is -0.464 e. The van der Waals surface area contributed by atoms with Crippen molar-refractivity contribution in [2.24, 2.45) is 0 Å². The molecule has 3 aromatic heterocycles. The number of hydrogen-bond acceptors (Lipinski definition) is 6. The van der Waals surface area contributed by atoms with E-state index in [9.17, 15) is 4.79 Å². The maximum absolute atomic E-state index is 12.2. The molecule has 0 saturated heterocycles. The Labute approximate surface area is 171 Å². The van der Waals surface area contributed by atoms with E-state index in [-0.39, 0.29) is 18.2 Å². The Hall–Kier alpha value is -4.13. The van der Waals surface area contributed by atoms with Crippen molar-refractivity contribution in [3.05, 3.63) is 89.2 Å². The third-order valence-corrected chi connectivity index (χ3v) is 5.02. The molecule has 30 heavy (non-hydrogen) atoms. The van der Waals surface area contributed by atoms with Gasteiger partial charge in [-0.2, -0.15) is 4.98 Å². The third kappa shape index (κ3) is 3.26. The number of H-pyrrole nitrogens is 1. The van der Waals surface area contributed by atoms with Crippen molar-refractivity contribution in [1.29, 1.82) is 0 Å². The summed E-state index contributed by atoms with van der Waals surface area (Å²) in [5, 5.41) is 1.42. The lowest BCUT2D eigenvalue weighted by Gasteiger charge is -2.19. The average molecular weight is 398 g/mol. The fourth-order valence-corrected chi connectivity index (χ4v) is 3.38. The number of pyridine rings is 1. The molecule has 5 rings (SSSR count). The van der Waals surface area contributed by atoms with Crippen LogP contribution in [0.3, 0.4) is 0 Å². The molecule has 0 aliphatic carbocycles. The number of aromatic nitrogens is 3. The van der Waals surface area contributed by atoms with Crippen LogP contribution in [0.2, 0.25) is 0 Å². The second kappa shape index (κ2) is 7.36. The molecule has 3 heterocycles. The second-order valence-electron chi connectivity index (χ2n) is 6.89. The van der Waals surface area contributed by atoms with Crippen LogP contribution in [0.15, 0.2) is 82.5 Å². The number of aromatic amines is 1. The molecule has 0 unspecified atom stereocenters. The predicted molar refractivity (Wildman–Crippen MR) is 115 cm³/mol. The zero-order valence-electron chi connectivity index (χ0n) is 16.2. The van der Waals surface area contributed by atoms with Crippen LogP contribution in [0.25, 0.3) is 21.9 Å². The van der Waals surface area contributed by atoms with Crippen molar-refractivity contribution in [3.63, 3.8) is 0 Å². The largest absolute Gasteiger partial charge is 0.464 e. The number of rotatable bonds is 5. The predicted octanol–water partition coefficient (Wildman–Crippen LogP) is 4.41. The lowest BCUT2D eigenvalue weighted by atomic mass is 10.1. The first-order valence-electron chi connectivity index (χ1n) is 9.45. The van der Waals surface area contributed by atoms with Crippen LogP contribution in [0.1, 0.15) is 5.56 Å². The lowest BCUT2D eigenvalue weighted by Crippen LogP contribution is -2.11. The molecular weight excluding hydrogens is 380 g/mol. The molecule has 0 radical (unpaired) electrons. The van der Waals surface area contributed by atoms with Crippen LogP contribution >= 0.6 is 0 Å². The molecule has 0 amide bonds. The quantitative estimate of drug-likeness (QED) is 0.472. The summed E-state index contributed by atoms with van der Waals surface area (Å²) in [4.78, 5) is 25.2. The van der Waals surface area contributed by atoms with E-state index in [1.807, 2.05) is 43.4 Å². The van der Waals surface area contributed by atoms with Crippen LogP contribution in [0, 0.1) is 0 Å². The zero-order valence-corrected chi connectivity index (χ0v) is 16.2. The number of hydrogen-bond donors (Lipinski definition) is 1. The van der Waals surface area contributed by atoms with Crippen molar-refractivity contribution < 1.29 is 9.15 Å². The first kappa shape index (κ1) is 17.9. The average Bonchev–Trinajstić information content (AvgIpc) is 3.20. The second-order valence-corrected chi connectivity index (χ2v) is 6.89. The molecule has 2 aromatic carbocycles. The Morgan fingerprint density at radius 3 is 2.80 bits per heavy atom. The molecule has 7 nitrogen and oxygen atoms in total. The number of fused-ring (bicyclic) bond motifs is 2. The van der Waals surface area contributed by atoms with Crippen molar-refractivity contribution in [1.82, 2.24) is 15.0 Å². The van der Waals surface area contributed by atoms with E-state index in [4.69, 9.17) is 9.15 Å². The van der Waals surface area contributed by atoms with E-state index in [2.05, 4.69) is 32.0 Å². The van der Waals surface area contributed by atoms with Crippen LogP contribution in [-0.2, 0) is 6.61 Å². The Balaban J connectivity index is 1.39. The number of nitrogens with one attached hydrogen (secondary N) is 1. The Bertz CT molecular complexity index is 1390. The molecule has 0 aliphatic rings. The topological polar surface area (TPSA) is 84.2 Å². The van der Waals surface area contributed by atoms with E-state index >= 15 is 0 Å². The Kier molecular flexibility index (Phi) is 4.40. The summed E-state index contributed by atoms with van der Waals surface area (Å²) >= 11 is 0. The van der Waals surface area contributed by atoms with Crippen LogP contribution in [0.4, 0.5) is 11.4 Å². The summed E-state index contributed by atoms with van der Waals surface area (Å²) in [7, 11) is 2.01. The van der Waals surface area contributed by atoms with E-state index in [0.717, 1.165) is 27.9 Å². The molecule has 0 atom stereocenters. The summed E-state index contributed by atoms with van der Waals surface area (Å²) in [5.74, 6) is 0. The monoisotopic (exact) mass is 398 g/mol. The number of ether oxygens (including phenoxy) is 1. The standard InChI is InChI=1S/C23H18N4O3/c1-27(16-5-3-2-4-6-16)17-7-8-18-15(13-29-21(18)11-17)14-30-23-25-20-12-24-10-9-19(20)22(28)26-23/h2-13H,14H2,1H3,(H,25,26,28). The number of para-hydroxylation sites is 1. The van der Waals surface area contributed by atoms with Crippen molar-refractivity contribution in [3.8, 4) is 6.01 Å². The molecule has 1 N–H and O–H groups in total. The first-order chi connectivity index (χ1) is 14.7. The van der Waals surface area contributed by atoms with E-state index in [0.29, 0.717) is 10.9 Å². The third-order valence-electron chi connectivity index (χ3n) is 5.02. The van der Waals surface area contributed by atoms with Gasteiger partial charge in [0.05, 0.1) is 23.4 Å². The molecule has 0 fully saturated rings. The molecule has 0 aliphatic heterocycles. The molecule has 5 aromatic rings. The van der Waals surface area contributed by atoms with Crippen LogP contribution in [0.5, 0.6) is 6.01 Å². The van der Waals surface area contributed by atoms with E-state index in [1.165, 1.54) is 6.20 Å². The fourth-order valence-electron chi connectivity index (χ4n) is 3.38. The van der Waals surface area contributed by atoms with Gasteiger partial charge in [0.15, 0.2) is 0 Å². The van der Waals surface area contributed by atoms with Gasteiger partial charge in [-0.3, -0.25) is 14.8 Å². The van der Waals surface area contributed by atoms with Gasteiger partial charge in [-0.25, -0.2) is 0 Å². The van der Waals surface area contributed by atoms with Gasteiger partial charge in [-0.1, -0.05) is 18.2 Å². The fraction of sp³-hybridized carbons (Fsp3) is 0.0870. The normalized spacial score (nSPS) is 11.1. The highest BCUT2D eigenvalue weighted by molar-refractivity contribution is 5.85. The van der Waals surface area contributed by atoms with Gasteiger partial charge in [-0.05, 0) is 30.3 Å². The van der Waals surface area contributed by atoms with Crippen LogP contribution in [-0.4, -0.2) is 22.0 Å². The minimum atomic E-state index is -0.261. The van der Waals surface area contributed by atoms with Gasteiger partial charge in [0.2, 0.25) is 0 Å². The Morgan fingerprint density at radius 2 is 1.93 bits per heavy atom. The highest BCUT2D eigenvalue weighted by atomic mass is 16.5. The van der Waals surface area contributed by atoms with E-state index in [1.54, 1.807) is 18.5 Å². The number of benzene rings is 2. The minimum absolute atomic E-state index is 0.148. The van der Waals surface area contributed by atoms with Gasteiger partial charge in [0.1, 0.15) is 12.2 Å². The summed E-state index contributed by atoms with van der Waals surface area (Å²) < 4.78 is 11.5. The highest BCUT2D eigenvalue weighted by Crippen LogP contribution is 2.30. The first-order valence-corrected chi connectivity index (χ1v) is 9.45. The summed E-state index contributed by atoms with van der Waals surface area (Å²) in [6.07, 6.45) is 4.76. The molecule has 0 saturated carbocycles. The van der Waals surface area contributed by atoms with Gasteiger partial charge in [0.25, 0.3) is 11.6 Å². The van der Waals surface area contributed by atoms with E-state index < -0.39 is 0 Å². The SMILES string of the molecule is CN(c1ccccc1)c1ccc2c(COc3nc4cnccc4c(=O)[nH]3)coc2c1. The highest BCUT2D eigenvalue weighted by Gasteiger charge is 2.11. The van der Waals surface area contributed by atoms with Crippen molar-refractivity contribution >= 4 is 33.2 Å².